The normalized spacial score (nSPS) is 23.7. The van der Waals surface area contributed by atoms with Gasteiger partial charge in [0.25, 0.3) is 0 Å². The summed E-state index contributed by atoms with van der Waals surface area (Å²) in [5.74, 6) is 1.78. The minimum absolute atomic E-state index is 0.142. The van der Waals surface area contributed by atoms with Crippen LogP contribution in [0.15, 0.2) is 30.3 Å². The number of hydrogen-bond acceptors (Lipinski definition) is 3. The molecule has 4 heteroatoms. The molecule has 2 aliphatic heterocycles. The maximum atomic E-state index is 12.4. The molecule has 0 bridgehead atoms. The third-order valence-corrected chi connectivity index (χ3v) is 4.85. The number of rotatable bonds is 4. The maximum absolute atomic E-state index is 12.4. The number of piperidine rings is 1. The first kappa shape index (κ1) is 15.3. The van der Waals surface area contributed by atoms with Gasteiger partial charge >= 0.3 is 0 Å². The standard InChI is InChI=1S/C18H26N2O2/c1-19-10-7-15(8-11-19)13-18(21)20-12-9-17(14-20)22-16-5-3-2-4-6-16/h2-6,15,17H,7-14H2,1H3. The van der Waals surface area contributed by atoms with Crippen LogP contribution in [0.25, 0.3) is 0 Å². The Morgan fingerprint density at radius 2 is 1.86 bits per heavy atom. The van der Waals surface area contributed by atoms with E-state index in [0.717, 1.165) is 51.2 Å². The number of para-hydroxylation sites is 1. The van der Waals surface area contributed by atoms with E-state index in [1.807, 2.05) is 35.2 Å². The highest BCUT2D eigenvalue weighted by atomic mass is 16.5. The second kappa shape index (κ2) is 7.14. The van der Waals surface area contributed by atoms with Crippen LogP contribution in [0.4, 0.5) is 0 Å². The molecule has 1 aromatic carbocycles. The second-order valence-corrected chi connectivity index (χ2v) is 6.63. The van der Waals surface area contributed by atoms with Crippen molar-refractivity contribution in [2.24, 2.45) is 5.92 Å². The van der Waals surface area contributed by atoms with Gasteiger partial charge in [-0.05, 0) is 51.0 Å². The molecule has 3 rings (SSSR count). The summed E-state index contributed by atoms with van der Waals surface area (Å²) >= 11 is 0. The van der Waals surface area contributed by atoms with Crippen LogP contribution in [0.1, 0.15) is 25.7 Å². The van der Waals surface area contributed by atoms with Gasteiger partial charge in [0.2, 0.25) is 5.91 Å². The Bertz CT molecular complexity index is 483. The van der Waals surface area contributed by atoms with Crippen molar-refractivity contribution in [3.63, 3.8) is 0 Å². The summed E-state index contributed by atoms with van der Waals surface area (Å²) in [7, 11) is 2.16. The Labute approximate surface area is 133 Å². The average Bonchev–Trinajstić information content (AvgIpc) is 2.99. The number of carbonyl (C=O) groups excluding carboxylic acids is 1. The van der Waals surface area contributed by atoms with Crippen molar-refractivity contribution in [1.82, 2.24) is 9.80 Å². The lowest BCUT2D eigenvalue weighted by molar-refractivity contribution is -0.131. The first-order valence-electron chi connectivity index (χ1n) is 8.39. The van der Waals surface area contributed by atoms with Crippen LogP contribution in [-0.2, 0) is 4.79 Å². The Kier molecular flexibility index (Phi) is 4.98. The first-order valence-corrected chi connectivity index (χ1v) is 8.39. The van der Waals surface area contributed by atoms with Gasteiger partial charge in [-0.3, -0.25) is 4.79 Å². The topological polar surface area (TPSA) is 32.8 Å². The fraction of sp³-hybridized carbons (Fsp3) is 0.611. The van der Waals surface area contributed by atoms with E-state index in [0.29, 0.717) is 18.2 Å². The van der Waals surface area contributed by atoms with Gasteiger partial charge < -0.3 is 14.5 Å². The van der Waals surface area contributed by atoms with Gasteiger partial charge in [-0.25, -0.2) is 0 Å². The van der Waals surface area contributed by atoms with Crippen LogP contribution in [0, 0.1) is 5.92 Å². The molecule has 2 aliphatic rings. The summed E-state index contributed by atoms with van der Waals surface area (Å²) in [6.07, 6.45) is 4.10. The Hall–Kier alpha value is -1.55. The summed E-state index contributed by atoms with van der Waals surface area (Å²) in [5.41, 5.74) is 0. The number of nitrogens with zero attached hydrogens (tertiary/aromatic N) is 2. The van der Waals surface area contributed by atoms with Gasteiger partial charge in [-0.1, -0.05) is 18.2 Å². The van der Waals surface area contributed by atoms with Gasteiger partial charge in [-0.2, -0.15) is 0 Å². The number of amides is 1. The molecular formula is C18H26N2O2. The fourth-order valence-corrected chi connectivity index (χ4v) is 3.38. The van der Waals surface area contributed by atoms with Crippen LogP contribution in [0.3, 0.4) is 0 Å². The molecule has 2 heterocycles. The smallest absolute Gasteiger partial charge is 0.222 e. The largest absolute Gasteiger partial charge is 0.489 e. The molecule has 0 spiro atoms. The summed E-state index contributed by atoms with van der Waals surface area (Å²) in [6.45, 7) is 3.82. The number of hydrogen-bond donors (Lipinski definition) is 0. The van der Waals surface area contributed by atoms with Gasteiger partial charge in [-0.15, -0.1) is 0 Å². The monoisotopic (exact) mass is 302 g/mol. The highest BCUT2D eigenvalue weighted by Crippen LogP contribution is 2.23. The van der Waals surface area contributed by atoms with Crippen LogP contribution in [0.5, 0.6) is 5.75 Å². The fourth-order valence-electron chi connectivity index (χ4n) is 3.38. The van der Waals surface area contributed by atoms with E-state index in [4.69, 9.17) is 4.74 Å². The van der Waals surface area contributed by atoms with E-state index in [9.17, 15) is 4.79 Å². The summed E-state index contributed by atoms with van der Waals surface area (Å²) in [4.78, 5) is 16.8. The molecule has 4 nitrogen and oxygen atoms in total. The van der Waals surface area contributed by atoms with Crippen molar-refractivity contribution < 1.29 is 9.53 Å². The molecule has 1 aromatic rings. The molecule has 1 atom stereocenters. The molecule has 0 radical (unpaired) electrons. The van der Waals surface area contributed by atoms with Gasteiger partial charge in [0.15, 0.2) is 0 Å². The second-order valence-electron chi connectivity index (χ2n) is 6.63. The van der Waals surface area contributed by atoms with E-state index in [1.54, 1.807) is 0 Å². The van der Waals surface area contributed by atoms with Crippen molar-refractivity contribution in [3.8, 4) is 5.75 Å². The summed E-state index contributed by atoms with van der Waals surface area (Å²) in [6, 6.07) is 9.89. The lowest BCUT2D eigenvalue weighted by Gasteiger charge is -2.29. The van der Waals surface area contributed by atoms with Crippen LogP contribution < -0.4 is 4.74 Å². The number of ether oxygens (including phenoxy) is 1. The van der Waals surface area contributed by atoms with Crippen molar-refractivity contribution >= 4 is 5.91 Å². The van der Waals surface area contributed by atoms with E-state index in [2.05, 4.69) is 11.9 Å². The zero-order valence-electron chi connectivity index (χ0n) is 13.4. The molecule has 0 aromatic heterocycles. The average molecular weight is 302 g/mol. The van der Waals surface area contributed by atoms with E-state index < -0.39 is 0 Å². The number of carbonyl (C=O) groups is 1. The molecule has 1 amide bonds. The maximum Gasteiger partial charge on any atom is 0.222 e. The molecule has 1 unspecified atom stereocenters. The van der Waals surface area contributed by atoms with Crippen LogP contribution in [0.2, 0.25) is 0 Å². The summed E-state index contributed by atoms with van der Waals surface area (Å²) < 4.78 is 5.96. The van der Waals surface area contributed by atoms with E-state index in [-0.39, 0.29) is 6.10 Å². The Balaban J connectivity index is 1.44. The van der Waals surface area contributed by atoms with Crippen molar-refractivity contribution in [3.05, 3.63) is 30.3 Å². The molecule has 120 valence electrons. The quantitative estimate of drug-likeness (QED) is 0.856. The molecule has 2 fully saturated rings. The summed E-state index contributed by atoms with van der Waals surface area (Å²) in [5, 5.41) is 0. The van der Waals surface area contributed by atoms with Gasteiger partial charge in [0.1, 0.15) is 11.9 Å². The van der Waals surface area contributed by atoms with Gasteiger partial charge in [0, 0.05) is 19.4 Å². The van der Waals surface area contributed by atoms with E-state index in [1.165, 1.54) is 0 Å². The minimum atomic E-state index is 0.142. The lowest BCUT2D eigenvalue weighted by atomic mass is 9.93. The molecule has 0 saturated carbocycles. The third-order valence-electron chi connectivity index (χ3n) is 4.85. The zero-order valence-corrected chi connectivity index (χ0v) is 13.4. The molecule has 0 aliphatic carbocycles. The SMILES string of the molecule is CN1CCC(CC(=O)N2CCC(Oc3ccccc3)C2)CC1. The van der Waals surface area contributed by atoms with Crippen molar-refractivity contribution in [2.45, 2.75) is 31.8 Å². The zero-order chi connectivity index (χ0) is 15.4. The first-order chi connectivity index (χ1) is 10.7. The lowest BCUT2D eigenvalue weighted by Crippen LogP contribution is -2.35. The van der Waals surface area contributed by atoms with Crippen LogP contribution in [-0.4, -0.2) is 55.0 Å². The Morgan fingerprint density at radius 3 is 2.59 bits per heavy atom. The van der Waals surface area contributed by atoms with Crippen molar-refractivity contribution in [1.29, 1.82) is 0 Å². The Morgan fingerprint density at radius 1 is 1.14 bits per heavy atom. The number of benzene rings is 1. The molecule has 2 saturated heterocycles. The highest BCUT2D eigenvalue weighted by Gasteiger charge is 2.29. The van der Waals surface area contributed by atoms with Gasteiger partial charge in [0.05, 0.1) is 6.54 Å². The predicted octanol–water partition coefficient (Wildman–Crippen LogP) is 2.40. The van der Waals surface area contributed by atoms with E-state index >= 15 is 0 Å². The third kappa shape index (κ3) is 4.01. The van der Waals surface area contributed by atoms with Crippen molar-refractivity contribution in [2.75, 3.05) is 33.2 Å². The number of likely N-dealkylation sites (tertiary alicyclic amines) is 2. The molecule has 0 N–H and O–H groups in total. The minimum Gasteiger partial charge on any atom is -0.489 e. The molecular weight excluding hydrogens is 276 g/mol. The van der Waals surface area contributed by atoms with Crippen LogP contribution >= 0.6 is 0 Å². The predicted molar refractivity (Wildman–Crippen MR) is 86.9 cm³/mol. The molecule has 22 heavy (non-hydrogen) atoms. The highest BCUT2D eigenvalue weighted by molar-refractivity contribution is 5.76.